The van der Waals surface area contributed by atoms with Gasteiger partial charge in [0.15, 0.2) is 5.78 Å². The third-order valence-corrected chi connectivity index (χ3v) is 2.93. The van der Waals surface area contributed by atoms with Crippen LogP contribution in [0.4, 0.5) is 0 Å². The number of nitrogens with zero attached hydrogens (tertiary/aromatic N) is 2. The van der Waals surface area contributed by atoms with E-state index in [9.17, 15) is 4.79 Å². The average molecular weight is 268 g/mol. The molecule has 0 spiro atoms. The Morgan fingerprint density at radius 2 is 2.40 bits per heavy atom. The standard InChI is InChI=1S/C10H10BrN3O/c1-6-2-3-14-8(4-6)13-9(10(14)11)7(15)5-12/h2-4H,5,12H2,1H3. The first-order valence-corrected chi connectivity index (χ1v) is 5.30. The molecule has 0 atom stereocenters. The molecule has 2 rings (SSSR count). The van der Waals surface area contributed by atoms with E-state index in [1.165, 1.54) is 0 Å². The van der Waals surface area contributed by atoms with E-state index < -0.39 is 0 Å². The van der Waals surface area contributed by atoms with E-state index in [0.29, 0.717) is 10.3 Å². The van der Waals surface area contributed by atoms with Gasteiger partial charge in [-0.25, -0.2) is 4.98 Å². The van der Waals surface area contributed by atoms with Crippen LogP contribution in [-0.2, 0) is 0 Å². The maximum atomic E-state index is 11.5. The Kier molecular flexibility index (Phi) is 2.58. The molecule has 2 aromatic heterocycles. The molecule has 2 N–H and O–H groups in total. The van der Waals surface area contributed by atoms with Gasteiger partial charge in [-0.15, -0.1) is 0 Å². The molecule has 0 bridgehead atoms. The quantitative estimate of drug-likeness (QED) is 0.840. The number of nitrogens with two attached hydrogens (primary N) is 1. The molecule has 0 unspecified atom stereocenters. The van der Waals surface area contributed by atoms with Crippen LogP contribution in [0.5, 0.6) is 0 Å². The van der Waals surface area contributed by atoms with E-state index in [1.54, 1.807) is 0 Å². The zero-order chi connectivity index (χ0) is 11.0. The van der Waals surface area contributed by atoms with Crippen LogP contribution in [0.1, 0.15) is 16.1 Å². The van der Waals surface area contributed by atoms with E-state index >= 15 is 0 Å². The Morgan fingerprint density at radius 1 is 1.67 bits per heavy atom. The number of rotatable bonds is 2. The third kappa shape index (κ3) is 1.68. The fourth-order valence-electron chi connectivity index (χ4n) is 1.39. The summed E-state index contributed by atoms with van der Waals surface area (Å²) < 4.78 is 2.48. The van der Waals surface area contributed by atoms with Crippen molar-refractivity contribution in [2.24, 2.45) is 5.73 Å². The maximum Gasteiger partial charge on any atom is 0.197 e. The predicted molar refractivity (Wildman–Crippen MR) is 61.0 cm³/mol. The second kappa shape index (κ2) is 3.75. The summed E-state index contributed by atoms with van der Waals surface area (Å²) in [5.74, 6) is -0.164. The van der Waals surface area contributed by atoms with Crippen LogP contribution >= 0.6 is 15.9 Å². The lowest BCUT2D eigenvalue weighted by atomic mass is 10.3. The van der Waals surface area contributed by atoms with Gasteiger partial charge in [-0.3, -0.25) is 9.20 Å². The zero-order valence-corrected chi connectivity index (χ0v) is 9.78. The molecule has 4 nitrogen and oxygen atoms in total. The normalized spacial score (nSPS) is 10.9. The van der Waals surface area contributed by atoms with E-state index in [1.807, 2.05) is 29.7 Å². The summed E-state index contributed by atoms with van der Waals surface area (Å²) in [4.78, 5) is 15.7. The number of aryl methyl sites for hydroxylation is 1. The maximum absolute atomic E-state index is 11.5. The van der Waals surface area contributed by atoms with Gasteiger partial charge < -0.3 is 5.73 Å². The lowest BCUT2D eigenvalue weighted by Gasteiger charge is -1.95. The summed E-state index contributed by atoms with van der Waals surface area (Å²) in [6, 6.07) is 3.87. The van der Waals surface area contributed by atoms with Gasteiger partial charge in [0.1, 0.15) is 15.9 Å². The number of aromatic nitrogens is 2. The van der Waals surface area contributed by atoms with Crippen molar-refractivity contribution in [3.63, 3.8) is 0 Å². The van der Waals surface area contributed by atoms with Crippen molar-refractivity contribution in [2.75, 3.05) is 6.54 Å². The number of imidazole rings is 1. The van der Waals surface area contributed by atoms with Crippen LogP contribution in [0, 0.1) is 6.92 Å². The van der Waals surface area contributed by atoms with Crippen molar-refractivity contribution >= 4 is 27.4 Å². The van der Waals surface area contributed by atoms with Crippen LogP contribution in [0.25, 0.3) is 5.65 Å². The van der Waals surface area contributed by atoms with Crippen LogP contribution in [0.3, 0.4) is 0 Å². The summed E-state index contributed by atoms with van der Waals surface area (Å²) >= 11 is 3.34. The minimum atomic E-state index is -0.164. The molecule has 0 aliphatic heterocycles. The summed E-state index contributed by atoms with van der Waals surface area (Å²) in [5.41, 5.74) is 7.55. The number of hydrogen-bond acceptors (Lipinski definition) is 3. The van der Waals surface area contributed by atoms with E-state index in [-0.39, 0.29) is 12.3 Å². The molecule has 5 heteroatoms. The highest BCUT2D eigenvalue weighted by atomic mass is 79.9. The van der Waals surface area contributed by atoms with Gasteiger partial charge in [0.05, 0.1) is 6.54 Å². The SMILES string of the molecule is Cc1ccn2c(Br)c(C(=O)CN)nc2c1. The number of pyridine rings is 1. The second-order valence-electron chi connectivity index (χ2n) is 3.31. The Labute approximate surface area is 95.2 Å². The second-order valence-corrected chi connectivity index (χ2v) is 4.06. The molecule has 0 aliphatic carbocycles. The van der Waals surface area contributed by atoms with Crippen molar-refractivity contribution in [3.05, 3.63) is 34.2 Å². The van der Waals surface area contributed by atoms with Crippen LogP contribution < -0.4 is 5.73 Å². The molecular formula is C10H10BrN3O. The third-order valence-electron chi connectivity index (χ3n) is 2.17. The van der Waals surface area contributed by atoms with Gasteiger partial charge in [0.2, 0.25) is 0 Å². The Morgan fingerprint density at radius 3 is 3.07 bits per heavy atom. The monoisotopic (exact) mass is 267 g/mol. The molecule has 0 saturated heterocycles. The van der Waals surface area contributed by atoms with E-state index in [2.05, 4.69) is 20.9 Å². The first-order valence-electron chi connectivity index (χ1n) is 4.51. The van der Waals surface area contributed by atoms with Crippen LogP contribution in [0.2, 0.25) is 0 Å². The zero-order valence-electron chi connectivity index (χ0n) is 8.20. The van der Waals surface area contributed by atoms with Gasteiger partial charge in [0, 0.05) is 6.20 Å². The van der Waals surface area contributed by atoms with Gasteiger partial charge in [0.25, 0.3) is 0 Å². The highest BCUT2D eigenvalue weighted by Gasteiger charge is 2.15. The molecular weight excluding hydrogens is 258 g/mol. The molecule has 2 aromatic rings. The molecule has 78 valence electrons. The van der Waals surface area contributed by atoms with E-state index in [4.69, 9.17) is 5.73 Å². The predicted octanol–water partition coefficient (Wildman–Crippen LogP) is 1.55. The lowest BCUT2D eigenvalue weighted by Crippen LogP contribution is -2.14. The van der Waals surface area contributed by atoms with Gasteiger partial charge in [-0.05, 0) is 40.5 Å². The van der Waals surface area contributed by atoms with Crippen molar-refractivity contribution in [2.45, 2.75) is 6.92 Å². The topological polar surface area (TPSA) is 60.4 Å². The van der Waals surface area contributed by atoms with Crippen LogP contribution in [0.15, 0.2) is 22.9 Å². The van der Waals surface area contributed by atoms with Crippen molar-refractivity contribution < 1.29 is 4.79 Å². The number of ketones is 1. The highest BCUT2D eigenvalue weighted by molar-refractivity contribution is 9.10. The van der Waals surface area contributed by atoms with E-state index in [0.717, 1.165) is 11.2 Å². The Bertz CT molecular complexity index is 533. The molecule has 0 radical (unpaired) electrons. The molecule has 0 aromatic carbocycles. The number of carbonyl (C=O) groups excluding carboxylic acids is 1. The van der Waals surface area contributed by atoms with Crippen LogP contribution in [-0.4, -0.2) is 21.7 Å². The first-order chi connectivity index (χ1) is 7.13. The number of fused-ring (bicyclic) bond motifs is 1. The molecule has 0 amide bonds. The van der Waals surface area contributed by atoms with Gasteiger partial charge in [-0.2, -0.15) is 0 Å². The molecule has 15 heavy (non-hydrogen) atoms. The van der Waals surface area contributed by atoms with Crippen molar-refractivity contribution in [1.82, 2.24) is 9.38 Å². The van der Waals surface area contributed by atoms with Crippen molar-refractivity contribution in [3.8, 4) is 0 Å². The number of hydrogen-bond donors (Lipinski definition) is 1. The fourth-order valence-corrected chi connectivity index (χ4v) is 2.00. The molecule has 0 aliphatic rings. The van der Waals surface area contributed by atoms with Gasteiger partial charge >= 0.3 is 0 Å². The van der Waals surface area contributed by atoms with Gasteiger partial charge in [-0.1, -0.05) is 0 Å². The Hall–Kier alpha value is -1.20. The average Bonchev–Trinajstić information content (AvgIpc) is 2.54. The minimum Gasteiger partial charge on any atom is -0.324 e. The summed E-state index contributed by atoms with van der Waals surface area (Å²) in [6.45, 7) is 1.95. The summed E-state index contributed by atoms with van der Waals surface area (Å²) in [7, 11) is 0. The highest BCUT2D eigenvalue weighted by Crippen LogP contribution is 2.19. The van der Waals surface area contributed by atoms with Crippen molar-refractivity contribution in [1.29, 1.82) is 0 Å². The summed E-state index contributed by atoms with van der Waals surface area (Å²) in [6.07, 6.45) is 1.87. The number of halogens is 1. The number of carbonyl (C=O) groups is 1. The first kappa shape index (κ1) is 10.3. The number of Topliss-reactive ketones (excluding diaryl/α,β-unsaturated/α-hetero) is 1. The molecule has 2 heterocycles. The smallest absolute Gasteiger partial charge is 0.197 e. The fraction of sp³-hybridized carbons (Fsp3) is 0.200. The molecule has 0 fully saturated rings. The molecule has 0 saturated carbocycles. The minimum absolute atomic E-state index is 0.0263. The summed E-state index contributed by atoms with van der Waals surface area (Å²) in [5, 5.41) is 0. The largest absolute Gasteiger partial charge is 0.324 e. The lowest BCUT2D eigenvalue weighted by molar-refractivity contribution is 0.0996. The Balaban J connectivity index is 2.69.